The maximum Gasteiger partial charge on any atom is 0.0206 e. The van der Waals surface area contributed by atoms with Crippen LogP contribution in [0.25, 0.3) is 0 Å². The van der Waals surface area contributed by atoms with Gasteiger partial charge < -0.3 is 5.32 Å². The van der Waals surface area contributed by atoms with Gasteiger partial charge >= 0.3 is 0 Å². The molecule has 1 aromatic carbocycles. The lowest BCUT2D eigenvalue weighted by Crippen LogP contribution is -2.34. The summed E-state index contributed by atoms with van der Waals surface area (Å²) >= 11 is 0. The molecule has 1 aliphatic carbocycles. The van der Waals surface area contributed by atoms with Gasteiger partial charge in [-0.1, -0.05) is 43.7 Å². The van der Waals surface area contributed by atoms with E-state index in [1.807, 2.05) is 0 Å². The third kappa shape index (κ3) is 4.79. The van der Waals surface area contributed by atoms with E-state index in [4.69, 9.17) is 0 Å². The van der Waals surface area contributed by atoms with Gasteiger partial charge in [0.1, 0.15) is 0 Å². The van der Waals surface area contributed by atoms with Crippen molar-refractivity contribution in [3.8, 4) is 0 Å². The van der Waals surface area contributed by atoms with E-state index in [0.717, 1.165) is 19.1 Å². The van der Waals surface area contributed by atoms with E-state index in [-0.39, 0.29) is 0 Å². The van der Waals surface area contributed by atoms with E-state index in [9.17, 15) is 0 Å². The Kier molecular flexibility index (Phi) is 5.69. The summed E-state index contributed by atoms with van der Waals surface area (Å²) in [6.45, 7) is 6.87. The minimum atomic E-state index is 0.898. The Bertz CT molecular complexity index is 319. The fourth-order valence-corrected chi connectivity index (χ4v) is 2.33. The molecule has 1 N–H and O–H groups in total. The van der Waals surface area contributed by atoms with Crippen LogP contribution < -0.4 is 5.32 Å². The first-order chi connectivity index (χ1) is 8.90. The van der Waals surface area contributed by atoms with Crippen molar-refractivity contribution in [3.63, 3.8) is 0 Å². The number of nitrogens with one attached hydrogen (secondary N) is 1. The SMILES string of the molecule is CCCCN(CCNCc1ccccc1)C1CC1. The average Bonchev–Trinajstić information content (AvgIpc) is 3.23. The minimum absolute atomic E-state index is 0.898. The Hall–Kier alpha value is -0.860. The number of rotatable bonds is 9. The summed E-state index contributed by atoms with van der Waals surface area (Å²) < 4.78 is 0. The molecule has 0 bridgehead atoms. The highest BCUT2D eigenvalue weighted by Crippen LogP contribution is 2.26. The van der Waals surface area contributed by atoms with E-state index in [1.165, 1.54) is 44.3 Å². The Morgan fingerprint density at radius 1 is 1.17 bits per heavy atom. The molecule has 0 amide bonds. The highest BCUT2D eigenvalue weighted by Gasteiger charge is 2.27. The van der Waals surface area contributed by atoms with Crippen molar-refractivity contribution in [1.29, 1.82) is 0 Å². The van der Waals surface area contributed by atoms with Crippen LogP contribution in [0.4, 0.5) is 0 Å². The lowest BCUT2D eigenvalue weighted by molar-refractivity contribution is 0.259. The number of unbranched alkanes of at least 4 members (excludes halogenated alkanes) is 1. The van der Waals surface area contributed by atoms with Crippen LogP contribution in [0.15, 0.2) is 30.3 Å². The summed E-state index contributed by atoms with van der Waals surface area (Å²) in [6.07, 6.45) is 5.49. The van der Waals surface area contributed by atoms with Gasteiger partial charge in [-0.25, -0.2) is 0 Å². The highest BCUT2D eigenvalue weighted by molar-refractivity contribution is 5.14. The lowest BCUT2D eigenvalue weighted by atomic mass is 10.2. The monoisotopic (exact) mass is 246 g/mol. The maximum absolute atomic E-state index is 3.55. The Morgan fingerprint density at radius 2 is 1.94 bits per heavy atom. The second kappa shape index (κ2) is 7.55. The molecular formula is C16H26N2. The van der Waals surface area contributed by atoms with Gasteiger partial charge in [0, 0.05) is 25.7 Å². The zero-order valence-corrected chi connectivity index (χ0v) is 11.6. The van der Waals surface area contributed by atoms with Crippen LogP contribution >= 0.6 is 0 Å². The molecule has 0 atom stereocenters. The molecule has 2 rings (SSSR count). The van der Waals surface area contributed by atoms with Gasteiger partial charge in [-0.05, 0) is 31.4 Å². The number of hydrogen-bond donors (Lipinski definition) is 1. The summed E-state index contributed by atoms with van der Waals surface area (Å²) in [7, 11) is 0. The van der Waals surface area contributed by atoms with Crippen molar-refractivity contribution in [1.82, 2.24) is 10.2 Å². The van der Waals surface area contributed by atoms with Crippen molar-refractivity contribution >= 4 is 0 Å². The second-order valence-corrected chi connectivity index (χ2v) is 5.28. The van der Waals surface area contributed by atoms with E-state index in [2.05, 4.69) is 47.5 Å². The first kappa shape index (κ1) is 13.6. The van der Waals surface area contributed by atoms with Gasteiger partial charge in [0.15, 0.2) is 0 Å². The normalized spacial score (nSPS) is 15.2. The van der Waals surface area contributed by atoms with Crippen LogP contribution in [-0.4, -0.2) is 30.6 Å². The predicted octanol–water partition coefficient (Wildman–Crippen LogP) is 3.04. The van der Waals surface area contributed by atoms with E-state index < -0.39 is 0 Å². The van der Waals surface area contributed by atoms with Crippen molar-refractivity contribution in [3.05, 3.63) is 35.9 Å². The smallest absolute Gasteiger partial charge is 0.0206 e. The molecule has 2 heteroatoms. The summed E-state index contributed by atoms with van der Waals surface area (Å²) in [5, 5.41) is 3.55. The summed E-state index contributed by atoms with van der Waals surface area (Å²) in [4.78, 5) is 2.67. The topological polar surface area (TPSA) is 15.3 Å². The maximum atomic E-state index is 3.55. The molecule has 0 heterocycles. The molecule has 18 heavy (non-hydrogen) atoms. The Labute approximate surface area is 111 Å². The highest BCUT2D eigenvalue weighted by atomic mass is 15.2. The Balaban J connectivity index is 1.61. The van der Waals surface area contributed by atoms with Crippen LogP contribution in [0, 0.1) is 0 Å². The summed E-state index contributed by atoms with van der Waals surface area (Å²) in [5.41, 5.74) is 1.38. The van der Waals surface area contributed by atoms with Crippen molar-refractivity contribution < 1.29 is 0 Å². The molecule has 2 nitrogen and oxygen atoms in total. The van der Waals surface area contributed by atoms with Gasteiger partial charge in [-0.2, -0.15) is 0 Å². The van der Waals surface area contributed by atoms with Crippen LogP contribution in [0.1, 0.15) is 38.2 Å². The summed E-state index contributed by atoms with van der Waals surface area (Å²) in [5.74, 6) is 0. The third-order valence-electron chi connectivity index (χ3n) is 3.61. The fourth-order valence-electron chi connectivity index (χ4n) is 2.33. The molecule has 1 aliphatic rings. The third-order valence-corrected chi connectivity index (χ3v) is 3.61. The minimum Gasteiger partial charge on any atom is -0.311 e. The van der Waals surface area contributed by atoms with E-state index in [1.54, 1.807) is 0 Å². The van der Waals surface area contributed by atoms with Gasteiger partial charge in [0.05, 0.1) is 0 Å². The molecule has 0 spiro atoms. The van der Waals surface area contributed by atoms with Gasteiger partial charge in [0.25, 0.3) is 0 Å². The van der Waals surface area contributed by atoms with Crippen LogP contribution in [0.3, 0.4) is 0 Å². The largest absolute Gasteiger partial charge is 0.311 e. The lowest BCUT2D eigenvalue weighted by Gasteiger charge is -2.21. The van der Waals surface area contributed by atoms with Gasteiger partial charge in [0.2, 0.25) is 0 Å². The molecule has 0 radical (unpaired) electrons. The quantitative estimate of drug-likeness (QED) is 0.674. The van der Waals surface area contributed by atoms with Crippen molar-refractivity contribution in [2.45, 2.75) is 45.2 Å². The molecule has 1 saturated carbocycles. The van der Waals surface area contributed by atoms with E-state index >= 15 is 0 Å². The molecule has 0 saturated heterocycles. The van der Waals surface area contributed by atoms with Crippen LogP contribution in [0.2, 0.25) is 0 Å². The Morgan fingerprint density at radius 3 is 2.61 bits per heavy atom. The number of nitrogens with zero attached hydrogens (tertiary/aromatic N) is 1. The fraction of sp³-hybridized carbons (Fsp3) is 0.625. The van der Waals surface area contributed by atoms with Crippen molar-refractivity contribution in [2.75, 3.05) is 19.6 Å². The molecular weight excluding hydrogens is 220 g/mol. The zero-order valence-electron chi connectivity index (χ0n) is 11.6. The van der Waals surface area contributed by atoms with Crippen molar-refractivity contribution in [2.24, 2.45) is 0 Å². The molecule has 1 fully saturated rings. The summed E-state index contributed by atoms with van der Waals surface area (Å²) in [6, 6.07) is 11.5. The first-order valence-electron chi connectivity index (χ1n) is 7.39. The zero-order chi connectivity index (χ0) is 12.6. The molecule has 0 aliphatic heterocycles. The van der Waals surface area contributed by atoms with Gasteiger partial charge in [-0.15, -0.1) is 0 Å². The average molecular weight is 246 g/mol. The first-order valence-corrected chi connectivity index (χ1v) is 7.39. The molecule has 0 aromatic heterocycles. The number of hydrogen-bond acceptors (Lipinski definition) is 2. The van der Waals surface area contributed by atoms with E-state index in [0.29, 0.717) is 0 Å². The standard InChI is InChI=1S/C16H26N2/c1-2-3-12-18(16-9-10-16)13-11-17-14-15-7-5-4-6-8-15/h4-8,16-17H,2-3,9-14H2,1H3. The van der Waals surface area contributed by atoms with Gasteiger partial charge in [-0.3, -0.25) is 4.90 Å². The van der Waals surface area contributed by atoms with Crippen LogP contribution in [-0.2, 0) is 6.54 Å². The number of benzene rings is 1. The second-order valence-electron chi connectivity index (χ2n) is 5.28. The van der Waals surface area contributed by atoms with Crippen LogP contribution in [0.5, 0.6) is 0 Å². The molecule has 100 valence electrons. The predicted molar refractivity (Wildman–Crippen MR) is 77.7 cm³/mol. The molecule has 0 unspecified atom stereocenters. The molecule has 1 aromatic rings.